The molecule has 0 saturated heterocycles. The van der Waals surface area contributed by atoms with Crippen molar-refractivity contribution in [1.82, 2.24) is 9.88 Å². The van der Waals surface area contributed by atoms with Crippen LogP contribution in [0.2, 0.25) is 0 Å². The van der Waals surface area contributed by atoms with Crippen LogP contribution >= 0.6 is 0 Å². The topological polar surface area (TPSA) is 59.2 Å². The maximum atomic E-state index is 12.3. The van der Waals surface area contributed by atoms with Crippen LogP contribution in [0, 0.1) is 0 Å². The molecule has 0 unspecified atom stereocenters. The fourth-order valence-electron chi connectivity index (χ4n) is 1.41. The van der Waals surface area contributed by atoms with Crippen molar-refractivity contribution in [3.63, 3.8) is 0 Å². The molecule has 0 aliphatic carbocycles. The Labute approximate surface area is 103 Å². The van der Waals surface area contributed by atoms with Gasteiger partial charge in [0.05, 0.1) is 5.56 Å². The van der Waals surface area contributed by atoms with Crippen LogP contribution < -0.4 is 5.73 Å². The fraction of sp³-hybridized carbons (Fsp3) is 0.455. The number of nitrogens with zero attached hydrogens (tertiary/aromatic N) is 2. The number of nitrogens with two attached hydrogens (primary N) is 1. The summed E-state index contributed by atoms with van der Waals surface area (Å²) in [5.74, 6) is -0.420. The molecule has 0 radical (unpaired) electrons. The van der Waals surface area contributed by atoms with Crippen LogP contribution in [-0.4, -0.2) is 35.4 Å². The zero-order valence-corrected chi connectivity index (χ0v) is 9.87. The lowest BCUT2D eigenvalue weighted by atomic mass is 10.2. The Kier molecular flexibility index (Phi) is 4.66. The van der Waals surface area contributed by atoms with E-state index >= 15 is 0 Å². The summed E-state index contributed by atoms with van der Waals surface area (Å²) in [4.78, 5) is 16.8. The number of alkyl halides is 3. The van der Waals surface area contributed by atoms with Crippen molar-refractivity contribution < 1.29 is 18.0 Å². The van der Waals surface area contributed by atoms with Gasteiger partial charge in [-0.15, -0.1) is 0 Å². The monoisotopic (exact) mass is 261 g/mol. The van der Waals surface area contributed by atoms with E-state index in [0.717, 1.165) is 12.1 Å². The summed E-state index contributed by atoms with van der Waals surface area (Å²) in [7, 11) is 0. The highest BCUT2D eigenvalue weighted by atomic mass is 19.4. The zero-order chi connectivity index (χ0) is 13.8. The van der Waals surface area contributed by atoms with E-state index in [-0.39, 0.29) is 5.69 Å². The quantitative estimate of drug-likeness (QED) is 0.894. The van der Waals surface area contributed by atoms with Gasteiger partial charge in [-0.1, -0.05) is 0 Å². The molecule has 0 saturated carbocycles. The highest BCUT2D eigenvalue weighted by Gasteiger charge is 2.31. The van der Waals surface area contributed by atoms with Crippen LogP contribution in [0.4, 0.5) is 13.2 Å². The van der Waals surface area contributed by atoms with Gasteiger partial charge in [-0.05, 0) is 19.1 Å². The molecule has 0 aliphatic heterocycles. The van der Waals surface area contributed by atoms with E-state index in [1.165, 1.54) is 4.90 Å². The van der Waals surface area contributed by atoms with Crippen molar-refractivity contribution in [1.29, 1.82) is 0 Å². The first-order chi connectivity index (χ1) is 8.40. The third-order valence-corrected chi connectivity index (χ3v) is 2.38. The predicted octanol–water partition coefficient (Wildman–Crippen LogP) is 1.52. The maximum absolute atomic E-state index is 12.3. The highest BCUT2D eigenvalue weighted by molar-refractivity contribution is 5.92. The Morgan fingerprint density at radius 3 is 2.50 bits per heavy atom. The Morgan fingerprint density at radius 1 is 1.44 bits per heavy atom. The largest absolute Gasteiger partial charge is 0.417 e. The SMILES string of the molecule is CCN(CCN)C(=O)c1ccc(C(F)(F)F)cn1. The summed E-state index contributed by atoms with van der Waals surface area (Å²) < 4.78 is 36.9. The molecule has 0 atom stereocenters. The number of rotatable bonds is 4. The van der Waals surface area contributed by atoms with Gasteiger partial charge in [0.15, 0.2) is 0 Å². The molecule has 0 aromatic carbocycles. The van der Waals surface area contributed by atoms with Gasteiger partial charge in [0.1, 0.15) is 5.69 Å². The minimum Gasteiger partial charge on any atom is -0.336 e. The Balaban J connectivity index is 2.88. The summed E-state index contributed by atoms with van der Waals surface area (Å²) >= 11 is 0. The third-order valence-electron chi connectivity index (χ3n) is 2.38. The minimum absolute atomic E-state index is 0.0155. The van der Waals surface area contributed by atoms with Gasteiger partial charge < -0.3 is 10.6 Å². The second-order valence-corrected chi connectivity index (χ2v) is 3.60. The molecule has 1 aromatic rings. The van der Waals surface area contributed by atoms with Crippen LogP contribution in [0.15, 0.2) is 18.3 Å². The maximum Gasteiger partial charge on any atom is 0.417 e. The van der Waals surface area contributed by atoms with Gasteiger partial charge in [0.25, 0.3) is 5.91 Å². The fourth-order valence-corrected chi connectivity index (χ4v) is 1.41. The van der Waals surface area contributed by atoms with E-state index in [1.54, 1.807) is 6.92 Å². The smallest absolute Gasteiger partial charge is 0.336 e. The second kappa shape index (κ2) is 5.81. The molecule has 1 heterocycles. The standard InChI is InChI=1S/C11H14F3N3O/c1-2-17(6-5-15)10(18)9-4-3-8(7-16-9)11(12,13)14/h3-4,7H,2,5-6,15H2,1H3. The lowest BCUT2D eigenvalue weighted by Crippen LogP contribution is -2.35. The van der Waals surface area contributed by atoms with Crippen molar-refractivity contribution in [2.75, 3.05) is 19.6 Å². The lowest BCUT2D eigenvalue weighted by molar-refractivity contribution is -0.137. The second-order valence-electron chi connectivity index (χ2n) is 3.60. The first-order valence-electron chi connectivity index (χ1n) is 5.42. The zero-order valence-electron chi connectivity index (χ0n) is 9.87. The average Bonchev–Trinajstić information content (AvgIpc) is 2.34. The van der Waals surface area contributed by atoms with Crippen LogP contribution in [0.1, 0.15) is 23.0 Å². The van der Waals surface area contributed by atoms with E-state index < -0.39 is 17.6 Å². The number of hydrogen-bond donors (Lipinski definition) is 1. The van der Waals surface area contributed by atoms with E-state index in [2.05, 4.69) is 4.98 Å². The van der Waals surface area contributed by atoms with E-state index in [9.17, 15) is 18.0 Å². The van der Waals surface area contributed by atoms with Gasteiger partial charge >= 0.3 is 6.18 Å². The molecule has 4 nitrogen and oxygen atoms in total. The molecule has 7 heteroatoms. The molecule has 100 valence electrons. The number of likely N-dealkylation sites (N-methyl/N-ethyl adjacent to an activating group) is 1. The van der Waals surface area contributed by atoms with Crippen molar-refractivity contribution in [2.45, 2.75) is 13.1 Å². The summed E-state index contributed by atoms with van der Waals surface area (Å²) in [5, 5.41) is 0. The lowest BCUT2D eigenvalue weighted by Gasteiger charge is -2.19. The molecule has 0 spiro atoms. The van der Waals surface area contributed by atoms with E-state index in [0.29, 0.717) is 25.8 Å². The number of hydrogen-bond acceptors (Lipinski definition) is 3. The van der Waals surface area contributed by atoms with Crippen molar-refractivity contribution in [3.05, 3.63) is 29.6 Å². The van der Waals surface area contributed by atoms with E-state index in [1.807, 2.05) is 0 Å². The van der Waals surface area contributed by atoms with Gasteiger partial charge in [0.2, 0.25) is 0 Å². The number of amides is 1. The highest BCUT2D eigenvalue weighted by Crippen LogP contribution is 2.28. The van der Waals surface area contributed by atoms with Crippen LogP contribution in [0.3, 0.4) is 0 Å². The predicted molar refractivity (Wildman–Crippen MR) is 59.9 cm³/mol. The molecule has 0 bridgehead atoms. The van der Waals surface area contributed by atoms with Gasteiger partial charge in [-0.2, -0.15) is 13.2 Å². The Morgan fingerprint density at radius 2 is 2.11 bits per heavy atom. The normalized spacial score (nSPS) is 11.4. The molecule has 1 aromatic heterocycles. The van der Waals surface area contributed by atoms with Gasteiger partial charge in [-0.3, -0.25) is 9.78 Å². The van der Waals surface area contributed by atoms with Gasteiger partial charge in [0, 0.05) is 25.8 Å². The first-order valence-corrected chi connectivity index (χ1v) is 5.42. The first kappa shape index (κ1) is 14.4. The minimum atomic E-state index is -4.45. The van der Waals surface area contributed by atoms with Crippen molar-refractivity contribution in [2.24, 2.45) is 5.73 Å². The molecule has 0 fully saturated rings. The summed E-state index contributed by atoms with van der Waals surface area (Å²) in [6, 6.07) is 1.92. The number of carbonyl (C=O) groups excluding carboxylic acids is 1. The van der Waals surface area contributed by atoms with Crippen LogP contribution in [0.25, 0.3) is 0 Å². The molecule has 1 amide bonds. The average molecular weight is 261 g/mol. The number of halogens is 3. The van der Waals surface area contributed by atoms with E-state index in [4.69, 9.17) is 5.73 Å². The Hall–Kier alpha value is -1.63. The van der Waals surface area contributed by atoms with Crippen LogP contribution in [0.5, 0.6) is 0 Å². The number of pyridine rings is 1. The molecule has 18 heavy (non-hydrogen) atoms. The third kappa shape index (κ3) is 3.43. The number of carbonyl (C=O) groups is 1. The molecular weight excluding hydrogens is 247 g/mol. The molecular formula is C11H14F3N3O. The number of aromatic nitrogens is 1. The Bertz CT molecular complexity index is 403. The molecule has 1 rings (SSSR count). The van der Waals surface area contributed by atoms with Crippen molar-refractivity contribution >= 4 is 5.91 Å². The summed E-state index contributed by atoms with van der Waals surface area (Å²) in [5.41, 5.74) is 4.45. The van der Waals surface area contributed by atoms with Crippen LogP contribution in [-0.2, 0) is 6.18 Å². The van der Waals surface area contributed by atoms with Gasteiger partial charge in [-0.25, -0.2) is 0 Å². The molecule has 0 aliphatic rings. The summed E-state index contributed by atoms with van der Waals surface area (Å²) in [6.45, 7) is 2.83. The molecule has 2 N–H and O–H groups in total. The summed E-state index contributed by atoms with van der Waals surface area (Å²) in [6.07, 6.45) is -3.79. The van der Waals surface area contributed by atoms with Crippen molar-refractivity contribution in [3.8, 4) is 0 Å².